The fraction of sp³-hybridized carbons (Fsp3) is 0.500. The van der Waals surface area contributed by atoms with Gasteiger partial charge in [0.1, 0.15) is 5.75 Å². The van der Waals surface area contributed by atoms with Crippen LogP contribution >= 0.6 is 0 Å². The van der Waals surface area contributed by atoms with Crippen molar-refractivity contribution in [3.63, 3.8) is 0 Å². The molecule has 73 valence electrons. The third-order valence-corrected chi connectivity index (χ3v) is 2.94. The van der Waals surface area contributed by atoms with Crippen LogP contribution in [0.1, 0.15) is 31.2 Å². The van der Waals surface area contributed by atoms with Gasteiger partial charge in [-0.15, -0.1) is 0 Å². The number of rotatable bonds is 2. The van der Waals surface area contributed by atoms with E-state index in [1.807, 2.05) is 12.1 Å². The van der Waals surface area contributed by atoms with Gasteiger partial charge in [0.15, 0.2) is 0 Å². The third kappa shape index (κ3) is 2.79. The average Bonchev–Trinajstić information content (AvgIpc) is 2.62. The van der Waals surface area contributed by atoms with Gasteiger partial charge in [0, 0.05) is 8.41 Å². The zero-order valence-corrected chi connectivity index (χ0v) is 8.45. The molecule has 0 saturated heterocycles. The number of phenolic OH excluding ortho intramolecular Hbond substituents is 1. The van der Waals surface area contributed by atoms with E-state index >= 15 is 0 Å². The topological polar surface area (TPSA) is 20.2 Å². The first kappa shape index (κ1) is 11.2. The highest BCUT2D eigenvalue weighted by atomic mass is 16.3. The van der Waals surface area contributed by atoms with Gasteiger partial charge in [-0.05, 0) is 30.0 Å². The van der Waals surface area contributed by atoms with Crippen LogP contribution in [0.2, 0.25) is 0 Å². The van der Waals surface area contributed by atoms with Crippen LogP contribution in [0, 0.1) is 5.92 Å². The molecule has 1 aliphatic carbocycles. The first-order valence-electron chi connectivity index (χ1n) is 5.12. The van der Waals surface area contributed by atoms with Crippen LogP contribution in [0.3, 0.4) is 0 Å². The van der Waals surface area contributed by atoms with E-state index in [0.717, 1.165) is 5.92 Å². The Labute approximate surface area is 87.7 Å². The van der Waals surface area contributed by atoms with Crippen molar-refractivity contribution in [1.29, 1.82) is 0 Å². The maximum absolute atomic E-state index is 9.12. The van der Waals surface area contributed by atoms with Gasteiger partial charge in [0.25, 0.3) is 0 Å². The van der Waals surface area contributed by atoms with Gasteiger partial charge in [0.2, 0.25) is 0 Å². The largest absolute Gasteiger partial charge is 0.508 e. The second-order valence-corrected chi connectivity index (χ2v) is 4.02. The second kappa shape index (κ2) is 5.09. The van der Waals surface area contributed by atoms with E-state index in [4.69, 9.17) is 5.11 Å². The maximum atomic E-state index is 9.12. The Kier molecular flexibility index (Phi) is 4.06. The van der Waals surface area contributed by atoms with Crippen LogP contribution in [-0.4, -0.2) is 13.5 Å². The van der Waals surface area contributed by atoms with Crippen molar-refractivity contribution < 1.29 is 5.11 Å². The van der Waals surface area contributed by atoms with Crippen LogP contribution < -0.4 is 0 Å². The highest BCUT2D eigenvalue weighted by molar-refractivity contribution is 5.75. The van der Waals surface area contributed by atoms with E-state index in [0.29, 0.717) is 5.75 Å². The second-order valence-electron chi connectivity index (χ2n) is 4.02. The Morgan fingerprint density at radius 2 is 1.64 bits per heavy atom. The van der Waals surface area contributed by atoms with Crippen LogP contribution in [0.4, 0.5) is 0 Å². The van der Waals surface area contributed by atoms with Crippen molar-refractivity contribution in [2.45, 2.75) is 32.1 Å². The average molecular weight is 187 g/mol. The lowest BCUT2D eigenvalue weighted by molar-refractivity contribution is 0.474. The van der Waals surface area contributed by atoms with E-state index < -0.39 is 0 Å². The van der Waals surface area contributed by atoms with Gasteiger partial charge in [-0.25, -0.2) is 0 Å². The van der Waals surface area contributed by atoms with Gasteiger partial charge in [0.05, 0.1) is 0 Å². The third-order valence-electron chi connectivity index (χ3n) is 2.94. The van der Waals surface area contributed by atoms with Crippen molar-refractivity contribution in [1.82, 2.24) is 0 Å². The van der Waals surface area contributed by atoms with E-state index in [9.17, 15) is 0 Å². The van der Waals surface area contributed by atoms with Gasteiger partial charge in [-0.3, -0.25) is 0 Å². The molecule has 1 fully saturated rings. The Hall–Kier alpha value is -0.915. The van der Waals surface area contributed by atoms with Gasteiger partial charge in [-0.1, -0.05) is 37.8 Å². The van der Waals surface area contributed by atoms with Crippen LogP contribution in [-0.2, 0) is 6.42 Å². The molecule has 2 rings (SSSR count). The molecule has 1 aromatic carbocycles. The summed E-state index contributed by atoms with van der Waals surface area (Å²) in [4.78, 5) is 0. The molecule has 2 heteroatoms. The minimum absolute atomic E-state index is 0. The summed E-state index contributed by atoms with van der Waals surface area (Å²) in [5.41, 5.74) is 1.37. The SMILES string of the molecule is Oc1ccc(CC2CCCC2)cc1.[B]. The lowest BCUT2D eigenvalue weighted by Crippen LogP contribution is -1.97. The first-order chi connectivity index (χ1) is 6.34. The summed E-state index contributed by atoms with van der Waals surface area (Å²) < 4.78 is 0. The molecule has 0 heterocycles. The Morgan fingerprint density at radius 1 is 1.07 bits per heavy atom. The molecule has 1 saturated carbocycles. The van der Waals surface area contributed by atoms with Crippen molar-refractivity contribution in [2.24, 2.45) is 5.92 Å². The molecule has 0 amide bonds. The van der Waals surface area contributed by atoms with E-state index in [-0.39, 0.29) is 8.41 Å². The number of hydrogen-bond acceptors (Lipinski definition) is 1. The normalized spacial score (nSPS) is 16.6. The molecule has 0 unspecified atom stereocenters. The maximum Gasteiger partial charge on any atom is 0.115 e. The fourth-order valence-electron chi connectivity index (χ4n) is 2.18. The quantitative estimate of drug-likeness (QED) is 0.705. The number of hydrogen-bond donors (Lipinski definition) is 1. The molecule has 1 aromatic rings. The van der Waals surface area contributed by atoms with Crippen LogP contribution in [0.15, 0.2) is 24.3 Å². The summed E-state index contributed by atoms with van der Waals surface area (Å²) in [7, 11) is 0. The molecule has 3 radical (unpaired) electrons. The predicted octanol–water partition coefficient (Wildman–Crippen LogP) is 2.74. The molecule has 0 aliphatic heterocycles. The Morgan fingerprint density at radius 3 is 2.21 bits per heavy atom. The summed E-state index contributed by atoms with van der Waals surface area (Å²) in [5, 5.41) is 9.12. The molecule has 0 bridgehead atoms. The molecule has 14 heavy (non-hydrogen) atoms. The van der Waals surface area contributed by atoms with Crippen molar-refractivity contribution in [2.75, 3.05) is 0 Å². The highest BCUT2D eigenvalue weighted by Gasteiger charge is 2.14. The summed E-state index contributed by atoms with van der Waals surface area (Å²) >= 11 is 0. The van der Waals surface area contributed by atoms with Crippen LogP contribution in [0.25, 0.3) is 0 Å². The zero-order chi connectivity index (χ0) is 9.10. The van der Waals surface area contributed by atoms with E-state index in [1.54, 1.807) is 12.1 Å². The number of aromatic hydroxyl groups is 1. The van der Waals surface area contributed by atoms with Crippen LogP contribution in [0.5, 0.6) is 5.75 Å². The van der Waals surface area contributed by atoms with E-state index in [2.05, 4.69) is 0 Å². The summed E-state index contributed by atoms with van der Waals surface area (Å²) in [6.07, 6.45) is 6.79. The summed E-state index contributed by atoms with van der Waals surface area (Å²) in [6.45, 7) is 0. The van der Waals surface area contributed by atoms with E-state index in [1.165, 1.54) is 37.7 Å². The number of phenols is 1. The van der Waals surface area contributed by atoms with Gasteiger partial charge in [-0.2, -0.15) is 0 Å². The minimum atomic E-state index is 0. The molecule has 1 nitrogen and oxygen atoms in total. The molecule has 1 aliphatic rings. The predicted molar refractivity (Wildman–Crippen MR) is 59.5 cm³/mol. The molecule has 0 atom stereocenters. The lowest BCUT2D eigenvalue weighted by atomic mass is 9.98. The molecular weight excluding hydrogens is 171 g/mol. The summed E-state index contributed by atoms with van der Waals surface area (Å²) in [5.74, 6) is 1.26. The first-order valence-corrected chi connectivity index (χ1v) is 5.12. The van der Waals surface area contributed by atoms with Crippen molar-refractivity contribution in [3.8, 4) is 5.75 Å². The number of benzene rings is 1. The zero-order valence-electron chi connectivity index (χ0n) is 8.45. The summed E-state index contributed by atoms with van der Waals surface area (Å²) in [6, 6.07) is 7.63. The fourth-order valence-corrected chi connectivity index (χ4v) is 2.18. The monoisotopic (exact) mass is 187 g/mol. The van der Waals surface area contributed by atoms with Gasteiger partial charge < -0.3 is 5.11 Å². The molecule has 0 spiro atoms. The standard InChI is InChI=1S/C12H16O.B/c13-12-7-5-11(6-8-12)9-10-3-1-2-4-10;/h5-8,10,13H,1-4,9H2;. The Balaban J connectivity index is 0.000000980. The van der Waals surface area contributed by atoms with Gasteiger partial charge >= 0.3 is 0 Å². The molecule has 1 N–H and O–H groups in total. The molecular formula is C12H16BO. The smallest absolute Gasteiger partial charge is 0.115 e. The van der Waals surface area contributed by atoms with Crippen molar-refractivity contribution >= 4 is 8.41 Å². The highest BCUT2D eigenvalue weighted by Crippen LogP contribution is 2.28. The molecule has 0 aromatic heterocycles. The minimum Gasteiger partial charge on any atom is -0.508 e. The van der Waals surface area contributed by atoms with Crippen molar-refractivity contribution in [3.05, 3.63) is 29.8 Å². The Bertz CT molecular complexity index is 262. The lowest BCUT2D eigenvalue weighted by Gasteiger charge is -2.08.